The van der Waals surface area contributed by atoms with E-state index in [2.05, 4.69) is 60.6 Å². The highest BCUT2D eigenvalue weighted by atomic mass is 35.5. The van der Waals surface area contributed by atoms with Crippen molar-refractivity contribution in [2.75, 3.05) is 0 Å². The maximum atomic E-state index is 10.6. The highest BCUT2D eigenvalue weighted by molar-refractivity contribution is 5.85. The summed E-state index contributed by atoms with van der Waals surface area (Å²) in [6, 6.07) is 4.17. The molecule has 0 radical (unpaired) electrons. The van der Waals surface area contributed by atoms with Crippen LogP contribution in [0.5, 0.6) is 5.75 Å². The Morgan fingerprint density at radius 1 is 1.00 bits per heavy atom. The van der Waals surface area contributed by atoms with Crippen LogP contribution in [0.4, 0.5) is 0 Å². The first-order chi connectivity index (χ1) is 8.48. The molecule has 3 heteroatoms. The lowest BCUT2D eigenvalue weighted by atomic mass is 9.77. The predicted molar refractivity (Wildman–Crippen MR) is 90.0 cm³/mol. The molecule has 0 amide bonds. The molecule has 3 N–H and O–H groups in total. The first kappa shape index (κ1) is 19.3. The Hall–Kier alpha value is -0.730. The van der Waals surface area contributed by atoms with Crippen molar-refractivity contribution in [1.82, 2.24) is 0 Å². The highest BCUT2D eigenvalue weighted by Gasteiger charge is 2.27. The average Bonchev–Trinajstić information content (AvgIpc) is 2.25. The molecule has 0 aliphatic rings. The van der Waals surface area contributed by atoms with Crippen molar-refractivity contribution in [2.45, 2.75) is 71.8 Å². The van der Waals surface area contributed by atoms with E-state index in [1.54, 1.807) is 0 Å². The molecule has 0 aliphatic heterocycles. The van der Waals surface area contributed by atoms with Crippen LogP contribution in [0.2, 0.25) is 0 Å². The fourth-order valence-corrected chi connectivity index (χ4v) is 2.25. The summed E-state index contributed by atoms with van der Waals surface area (Å²) in [6.07, 6.45) is 0.901. The lowest BCUT2D eigenvalue weighted by Gasteiger charge is -2.29. The van der Waals surface area contributed by atoms with Crippen molar-refractivity contribution in [1.29, 1.82) is 0 Å². The lowest BCUT2D eigenvalue weighted by Crippen LogP contribution is -2.20. The molecule has 20 heavy (non-hydrogen) atoms. The van der Waals surface area contributed by atoms with Gasteiger partial charge < -0.3 is 10.8 Å². The Balaban J connectivity index is 0.00000361. The van der Waals surface area contributed by atoms with Crippen molar-refractivity contribution in [3.8, 4) is 5.75 Å². The van der Waals surface area contributed by atoms with E-state index in [0.29, 0.717) is 5.75 Å². The molecule has 1 unspecified atom stereocenters. The summed E-state index contributed by atoms with van der Waals surface area (Å²) >= 11 is 0. The van der Waals surface area contributed by atoms with Gasteiger partial charge in [0.25, 0.3) is 0 Å². The zero-order chi connectivity index (χ0) is 15.0. The van der Waals surface area contributed by atoms with Crippen LogP contribution < -0.4 is 5.73 Å². The molecule has 0 bridgehead atoms. The zero-order valence-electron chi connectivity index (χ0n) is 13.9. The van der Waals surface area contributed by atoms with Crippen molar-refractivity contribution in [2.24, 2.45) is 5.73 Å². The van der Waals surface area contributed by atoms with Crippen LogP contribution in [0.3, 0.4) is 0 Å². The van der Waals surface area contributed by atoms with Gasteiger partial charge in [-0.15, -0.1) is 12.4 Å². The second-order valence-electron chi connectivity index (χ2n) is 7.48. The number of rotatable bonds is 2. The summed E-state index contributed by atoms with van der Waals surface area (Å²) < 4.78 is 0. The van der Waals surface area contributed by atoms with Gasteiger partial charge >= 0.3 is 0 Å². The molecule has 0 saturated heterocycles. The largest absolute Gasteiger partial charge is 0.507 e. The van der Waals surface area contributed by atoms with E-state index in [-0.39, 0.29) is 29.3 Å². The van der Waals surface area contributed by atoms with Crippen molar-refractivity contribution in [3.05, 3.63) is 28.8 Å². The third-order valence-electron chi connectivity index (χ3n) is 3.62. The van der Waals surface area contributed by atoms with Gasteiger partial charge in [-0.05, 0) is 33.9 Å². The molecule has 1 atom stereocenters. The van der Waals surface area contributed by atoms with Gasteiger partial charge in [-0.2, -0.15) is 0 Å². The molecule has 0 saturated carbocycles. The van der Waals surface area contributed by atoms with Crippen LogP contribution in [0.15, 0.2) is 12.1 Å². The molecule has 0 heterocycles. The van der Waals surface area contributed by atoms with Gasteiger partial charge in [-0.25, -0.2) is 0 Å². The molecule has 1 aromatic rings. The first-order valence-electron chi connectivity index (χ1n) is 7.12. The molecule has 0 spiro atoms. The van der Waals surface area contributed by atoms with Gasteiger partial charge in [-0.3, -0.25) is 0 Å². The fourth-order valence-electron chi connectivity index (χ4n) is 2.25. The van der Waals surface area contributed by atoms with Crippen molar-refractivity contribution >= 4 is 12.4 Å². The predicted octanol–water partition coefficient (Wildman–Crippen LogP) is 4.82. The van der Waals surface area contributed by atoms with E-state index in [1.807, 2.05) is 0 Å². The minimum Gasteiger partial charge on any atom is -0.507 e. The van der Waals surface area contributed by atoms with E-state index >= 15 is 0 Å². The number of nitrogens with two attached hydrogens (primary N) is 1. The van der Waals surface area contributed by atoms with E-state index in [1.165, 1.54) is 0 Å². The second-order valence-corrected chi connectivity index (χ2v) is 7.48. The number of hydrogen-bond donors (Lipinski definition) is 2. The van der Waals surface area contributed by atoms with E-state index in [0.717, 1.165) is 23.1 Å². The monoisotopic (exact) mass is 299 g/mol. The topological polar surface area (TPSA) is 46.2 Å². The van der Waals surface area contributed by atoms with Gasteiger partial charge in [0, 0.05) is 6.04 Å². The molecule has 0 fully saturated rings. The van der Waals surface area contributed by atoms with Crippen LogP contribution in [0, 0.1) is 0 Å². The Labute approximate surface area is 130 Å². The number of aromatic hydroxyl groups is 1. The minimum absolute atomic E-state index is 0. The van der Waals surface area contributed by atoms with Crippen LogP contribution >= 0.6 is 12.4 Å². The molecule has 1 rings (SSSR count). The van der Waals surface area contributed by atoms with Gasteiger partial charge in [0.2, 0.25) is 0 Å². The number of benzene rings is 1. The van der Waals surface area contributed by atoms with Crippen LogP contribution in [0.25, 0.3) is 0 Å². The summed E-state index contributed by atoms with van der Waals surface area (Å²) in [7, 11) is 0. The Morgan fingerprint density at radius 2 is 1.35 bits per heavy atom. The maximum Gasteiger partial charge on any atom is 0.123 e. The van der Waals surface area contributed by atoms with E-state index < -0.39 is 0 Å². The summed E-state index contributed by atoms with van der Waals surface area (Å²) in [5, 5.41) is 10.6. The third kappa shape index (κ3) is 4.13. The Bertz CT molecular complexity index is 420. The number of phenolic OH excluding ortho intramolecular Hbond substituents is 1. The molecular weight excluding hydrogens is 270 g/mol. The summed E-state index contributed by atoms with van der Waals surface area (Å²) in [5.41, 5.74) is 9.10. The quantitative estimate of drug-likeness (QED) is 0.822. The normalized spacial score (nSPS) is 13.8. The van der Waals surface area contributed by atoms with Crippen LogP contribution in [0.1, 0.15) is 77.6 Å². The molecule has 1 aromatic carbocycles. The Kier molecular flexibility index (Phi) is 6.13. The van der Waals surface area contributed by atoms with Gasteiger partial charge in [-0.1, -0.05) is 60.6 Å². The first-order valence-corrected chi connectivity index (χ1v) is 7.12. The molecule has 2 nitrogen and oxygen atoms in total. The number of phenols is 1. The van der Waals surface area contributed by atoms with Crippen LogP contribution in [-0.2, 0) is 10.8 Å². The minimum atomic E-state index is -0.0897. The van der Waals surface area contributed by atoms with E-state index in [9.17, 15) is 5.11 Å². The smallest absolute Gasteiger partial charge is 0.123 e. The standard InChI is InChI=1S/C17H29NO.ClH/c1-8-14(18)11-9-12(16(2,3)4)15(19)13(10-11)17(5,6)7;/h9-10,14,19H,8,18H2,1-7H3;1H. The summed E-state index contributed by atoms with van der Waals surface area (Å²) in [6.45, 7) is 14.8. The van der Waals surface area contributed by atoms with Gasteiger partial charge in [0.05, 0.1) is 0 Å². The lowest BCUT2D eigenvalue weighted by molar-refractivity contribution is 0.422. The molecule has 116 valence electrons. The Morgan fingerprint density at radius 3 is 1.60 bits per heavy atom. The number of halogens is 1. The van der Waals surface area contributed by atoms with Crippen LogP contribution in [-0.4, -0.2) is 5.11 Å². The average molecular weight is 300 g/mol. The molecular formula is C17H30ClNO. The van der Waals surface area contributed by atoms with Crippen molar-refractivity contribution in [3.63, 3.8) is 0 Å². The molecule has 0 aliphatic carbocycles. The maximum absolute atomic E-state index is 10.6. The summed E-state index contributed by atoms with van der Waals surface area (Å²) in [4.78, 5) is 0. The zero-order valence-corrected chi connectivity index (χ0v) is 14.7. The highest BCUT2D eigenvalue weighted by Crippen LogP contribution is 2.40. The van der Waals surface area contributed by atoms with E-state index in [4.69, 9.17) is 5.73 Å². The fraction of sp³-hybridized carbons (Fsp3) is 0.647. The summed E-state index contributed by atoms with van der Waals surface area (Å²) in [5.74, 6) is 0.423. The van der Waals surface area contributed by atoms with Crippen molar-refractivity contribution < 1.29 is 5.11 Å². The third-order valence-corrected chi connectivity index (χ3v) is 3.62. The second kappa shape index (κ2) is 6.36. The molecule has 0 aromatic heterocycles. The SMILES string of the molecule is CCC(N)c1cc(C(C)(C)C)c(O)c(C(C)(C)C)c1.Cl. The number of hydrogen-bond acceptors (Lipinski definition) is 2. The van der Waals surface area contributed by atoms with Gasteiger partial charge in [0.15, 0.2) is 0 Å². The van der Waals surface area contributed by atoms with Gasteiger partial charge in [0.1, 0.15) is 5.75 Å².